The van der Waals surface area contributed by atoms with Gasteiger partial charge in [-0.1, -0.05) is 35.3 Å². The highest BCUT2D eigenvalue weighted by atomic mass is 35.5. The van der Waals surface area contributed by atoms with E-state index in [1.54, 1.807) is 25.1 Å². The van der Waals surface area contributed by atoms with Crippen molar-refractivity contribution >= 4 is 44.6 Å². The van der Waals surface area contributed by atoms with E-state index in [2.05, 4.69) is 15.5 Å². The van der Waals surface area contributed by atoms with Crippen LogP contribution in [0.2, 0.25) is 10.0 Å². The quantitative estimate of drug-likeness (QED) is 0.669. The van der Waals surface area contributed by atoms with Crippen molar-refractivity contribution < 1.29 is 8.42 Å². The average Bonchev–Trinajstić information content (AvgIpc) is 2.45. The fourth-order valence-electron chi connectivity index (χ4n) is 1.64. The topological polar surface area (TPSA) is 71.4 Å². The summed E-state index contributed by atoms with van der Waals surface area (Å²) < 4.78 is 22.8. The first-order valence-corrected chi connectivity index (χ1v) is 8.84. The molecule has 0 amide bonds. The summed E-state index contributed by atoms with van der Waals surface area (Å²) in [6.07, 6.45) is 2.63. The predicted molar refractivity (Wildman–Crippen MR) is 89.6 cm³/mol. The smallest absolute Gasteiger partial charge is 0.175 e. The maximum Gasteiger partial charge on any atom is 0.175 e. The molecule has 2 rings (SSSR count). The number of hydrazone groups is 1. The van der Waals surface area contributed by atoms with Crippen molar-refractivity contribution in [2.24, 2.45) is 5.10 Å². The third-order valence-corrected chi connectivity index (χ3v) is 4.46. The molecular formula is C14H13Cl2N3O2S. The molecule has 22 heavy (non-hydrogen) atoms. The van der Waals surface area contributed by atoms with Crippen LogP contribution in [0.5, 0.6) is 0 Å². The van der Waals surface area contributed by atoms with Crippen LogP contribution in [0.4, 0.5) is 5.82 Å². The molecule has 0 aliphatic rings. The molecule has 0 bridgehead atoms. The van der Waals surface area contributed by atoms with Gasteiger partial charge in [-0.2, -0.15) is 5.10 Å². The molecule has 1 aromatic carbocycles. The highest BCUT2D eigenvalue weighted by Crippen LogP contribution is 2.22. The van der Waals surface area contributed by atoms with E-state index < -0.39 is 9.84 Å². The molecule has 0 aliphatic heterocycles. The highest BCUT2D eigenvalue weighted by molar-refractivity contribution is 7.90. The Morgan fingerprint density at radius 3 is 2.41 bits per heavy atom. The Balaban J connectivity index is 2.18. The molecule has 1 heterocycles. The lowest BCUT2D eigenvalue weighted by atomic mass is 10.1. The second-order valence-corrected chi connectivity index (χ2v) is 7.45. The summed E-state index contributed by atoms with van der Waals surface area (Å²) in [5.41, 5.74) is 4.19. The van der Waals surface area contributed by atoms with Gasteiger partial charge in [-0.15, -0.1) is 0 Å². The first-order valence-electron chi connectivity index (χ1n) is 6.19. The maximum atomic E-state index is 11.4. The third-order valence-electron chi connectivity index (χ3n) is 2.84. The van der Waals surface area contributed by atoms with Crippen LogP contribution < -0.4 is 5.43 Å². The molecule has 0 atom stereocenters. The van der Waals surface area contributed by atoms with Gasteiger partial charge in [0.1, 0.15) is 0 Å². The van der Waals surface area contributed by atoms with Crippen LogP contribution in [0.15, 0.2) is 46.5 Å². The van der Waals surface area contributed by atoms with Crippen LogP contribution in [-0.4, -0.2) is 25.4 Å². The number of hydrogen-bond donors (Lipinski definition) is 1. The average molecular weight is 358 g/mol. The molecule has 1 aromatic heterocycles. The van der Waals surface area contributed by atoms with Gasteiger partial charge >= 0.3 is 0 Å². The summed E-state index contributed by atoms with van der Waals surface area (Å²) in [7, 11) is -3.21. The first-order chi connectivity index (χ1) is 10.3. The van der Waals surface area contributed by atoms with Crippen LogP contribution >= 0.6 is 23.2 Å². The van der Waals surface area contributed by atoms with Gasteiger partial charge < -0.3 is 0 Å². The third kappa shape index (κ3) is 4.19. The summed E-state index contributed by atoms with van der Waals surface area (Å²) in [4.78, 5) is 4.29. The van der Waals surface area contributed by atoms with Crippen LogP contribution in [0.3, 0.4) is 0 Å². The summed E-state index contributed by atoms with van der Waals surface area (Å²) in [6.45, 7) is 1.78. The zero-order valence-electron chi connectivity index (χ0n) is 11.8. The number of anilines is 1. The Labute approximate surface area is 138 Å². The van der Waals surface area contributed by atoms with E-state index in [0.29, 0.717) is 21.6 Å². The maximum absolute atomic E-state index is 11.4. The van der Waals surface area contributed by atoms with Crippen molar-refractivity contribution in [2.45, 2.75) is 11.8 Å². The minimum atomic E-state index is -3.21. The molecule has 0 aliphatic carbocycles. The normalized spacial score (nSPS) is 12.3. The Kier molecular flexibility index (Phi) is 5.05. The van der Waals surface area contributed by atoms with Crippen molar-refractivity contribution in [2.75, 3.05) is 11.7 Å². The van der Waals surface area contributed by atoms with E-state index >= 15 is 0 Å². The Bertz CT molecular complexity index is 818. The van der Waals surface area contributed by atoms with E-state index in [1.807, 2.05) is 0 Å². The number of aromatic nitrogens is 1. The monoisotopic (exact) mass is 357 g/mol. The number of pyridine rings is 1. The number of nitrogens with zero attached hydrogens (tertiary/aromatic N) is 2. The highest BCUT2D eigenvalue weighted by Gasteiger charge is 2.07. The Morgan fingerprint density at radius 2 is 1.86 bits per heavy atom. The van der Waals surface area contributed by atoms with Gasteiger partial charge in [0.15, 0.2) is 15.7 Å². The van der Waals surface area contributed by atoms with Gasteiger partial charge in [-0.3, -0.25) is 5.43 Å². The van der Waals surface area contributed by atoms with Gasteiger partial charge in [-0.25, -0.2) is 13.4 Å². The lowest BCUT2D eigenvalue weighted by Crippen LogP contribution is -2.02. The van der Waals surface area contributed by atoms with E-state index in [0.717, 1.165) is 5.56 Å². The minimum absolute atomic E-state index is 0.263. The summed E-state index contributed by atoms with van der Waals surface area (Å²) in [5.74, 6) is 0.387. The predicted octanol–water partition coefficient (Wildman–Crippen LogP) is 3.63. The number of rotatable bonds is 4. The van der Waals surface area contributed by atoms with E-state index in [1.165, 1.54) is 24.6 Å². The van der Waals surface area contributed by atoms with Crippen molar-refractivity contribution in [3.05, 3.63) is 52.1 Å². The second kappa shape index (κ2) is 6.64. The Morgan fingerprint density at radius 1 is 1.23 bits per heavy atom. The Hall–Kier alpha value is -1.63. The molecule has 2 aromatic rings. The van der Waals surface area contributed by atoms with Crippen LogP contribution in [0.25, 0.3) is 0 Å². The molecule has 0 saturated heterocycles. The fourth-order valence-corrected chi connectivity index (χ4v) is 2.69. The number of hydrogen-bond acceptors (Lipinski definition) is 5. The largest absolute Gasteiger partial charge is 0.260 e. The number of benzene rings is 1. The number of nitrogens with one attached hydrogen (secondary N) is 1. The fraction of sp³-hybridized carbons (Fsp3) is 0.143. The molecule has 0 unspecified atom stereocenters. The van der Waals surface area contributed by atoms with Crippen LogP contribution in [0, 0.1) is 0 Å². The summed E-state index contributed by atoms with van der Waals surface area (Å²) in [5, 5.41) is 4.97. The second-order valence-electron chi connectivity index (χ2n) is 4.59. The molecule has 0 fully saturated rings. The van der Waals surface area contributed by atoms with E-state index in [4.69, 9.17) is 23.2 Å². The molecule has 8 heteroatoms. The molecule has 1 N–H and O–H groups in total. The molecule has 5 nitrogen and oxygen atoms in total. The molecule has 0 radical (unpaired) electrons. The zero-order valence-corrected chi connectivity index (χ0v) is 14.2. The van der Waals surface area contributed by atoms with Gasteiger partial charge in [0, 0.05) is 12.5 Å². The van der Waals surface area contributed by atoms with Gasteiger partial charge in [0.2, 0.25) is 0 Å². The summed E-state index contributed by atoms with van der Waals surface area (Å²) >= 11 is 11.8. The molecule has 0 spiro atoms. The van der Waals surface area contributed by atoms with Gasteiger partial charge in [-0.05, 0) is 30.7 Å². The lowest BCUT2D eigenvalue weighted by Gasteiger charge is -2.05. The van der Waals surface area contributed by atoms with Crippen molar-refractivity contribution in [1.82, 2.24) is 4.98 Å². The van der Waals surface area contributed by atoms with Crippen molar-refractivity contribution in [3.8, 4) is 0 Å². The first kappa shape index (κ1) is 16.7. The number of sulfone groups is 1. The van der Waals surface area contributed by atoms with E-state index in [-0.39, 0.29) is 4.90 Å². The molecule has 0 saturated carbocycles. The van der Waals surface area contributed by atoms with Crippen molar-refractivity contribution in [3.63, 3.8) is 0 Å². The van der Waals surface area contributed by atoms with Crippen LogP contribution in [-0.2, 0) is 9.84 Å². The SMILES string of the molecule is C/C(=N/Nc1ncc(Cl)cc1Cl)c1ccc(S(C)(=O)=O)cc1. The van der Waals surface area contributed by atoms with Crippen LogP contribution in [0.1, 0.15) is 12.5 Å². The standard InChI is InChI=1S/C14H13Cl2N3O2S/c1-9(10-3-5-12(6-4-10)22(2,20)21)18-19-14-13(16)7-11(15)8-17-14/h3-8H,1-2H3,(H,17,19)/b18-9-. The van der Waals surface area contributed by atoms with Gasteiger partial charge in [0.25, 0.3) is 0 Å². The van der Waals surface area contributed by atoms with Gasteiger partial charge in [0.05, 0.1) is 20.7 Å². The number of halogens is 2. The van der Waals surface area contributed by atoms with E-state index in [9.17, 15) is 8.42 Å². The van der Waals surface area contributed by atoms with Crippen molar-refractivity contribution in [1.29, 1.82) is 0 Å². The molecular weight excluding hydrogens is 345 g/mol. The zero-order chi connectivity index (χ0) is 16.3. The summed E-state index contributed by atoms with van der Waals surface area (Å²) in [6, 6.07) is 8.01. The molecule has 116 valence electrons. The lowest BCUT2D eigenvalue weighted by molar-refractivity contribution is 0.602. The minimum Gasteiger partial charge on any atom is -0.260 e.